The highest BCUT2D eigenvalue weighted by Gasteiger charge is 2.24. The smallest absolute Gasteiger partial charge is 0.271 e. The number of amides is 1. The molecule has 1 amide bonds. The van der Waals surface area contributed by atoms with Gasteiger partial charge in [0.05, 0.1) is 35.8 Å². The van der Waals surface area contributed by atoms with Crippen molar-refractivity contribution in [3.8, 4) is 5.75 Å². The van der Waals surface area contributed by atoms with E-state index in [1.807, 2.05) is 6.07 Å². The zero-order valence-electron chi connectivity index (χ0n) is 18.3. The number of nitrogens with one attached hydrogen (secondary N) is 1. The Hall–Kier alpha value is -3.46. The number of nitrogens with zero attached hydrogens (tertiary/aromatic N) is 3. The molecule has 0 unspecified atom stereocenters. The largest absolute Gasteiger partial charge is 0.495 e. The second kappa shape index (κ2) is 8.96. The van der Waals surface area contributed by atoms with Crippen LogP contribution >= 0.6 is 0 Å². The van der Waals surface area contributed by atoms with Gasteiger partial charge in [-0.2, -0.15) is 0 Å². The molecule has 32 heavy (non-hydrogen) atoms. The first kappa shape index (κ1) is 21.8. The number of hydrogen-bond donors (Lipinski definition) is 2. The maximum absolute atomic E-state index is 14.6. The molecule has 2 heterocycles. The number of ether oxygens (including phenoxy) is 2. The maximum atomic E-state index is 14.6. The number of methoxy groups -OCH3 is 2. The molecule has 1 fully saturated rings. The molecule has 0 atom stereocenters. The van der Waals surface area contributed by atoms with Gasteiger partial charge < -0.3 is 25.4 Å². The summed E-state index contributed by atoms with van der Waals surface area (Å²) in [5, 5.41) is 11.8. The van der Waals surface area contributed by atoms with Crippen molar-refractivity contribution in [2.75, 3.05) is 37.5 Å². The number of aromatic nitrogens is 2. The highest BCUT2D eigenvalue weighted by atomic mass is 19.1. The summed E-state index contributed by atoms with van der Waals surface area (Å²) in [4.78, 5) is 14.3. The van der Waals surface area contributed by atoms with Crippen LogP contribution in [0.1, 0.15) is 28.9 Å². The summed E-state index contributed by atoms with van der Waals surface area (Å²) >= 11 is 0. The predicted octanol–water partition coefficient (Wildman–Crippen LogP) is 3.54. The lowest BCUT2D eigenvalue weighted by atomic mass is 10.0. The highest BCUT2D eigenvalue weighted by molar-refractivity contribution is 6.07. The number of anilines is 3. The minimum atomic E-state index is -0.757. The molecule has 4 rings (SSSR count). The Morgan fingerprint density at radius 1 is 1.19 bits per heavy atom. The van der Waals surface area contributed by atoms with Crippen LogP contribution in [-0.4, -0.2) is 49.5 Å². The normalized spacial score (nSPS) is 14.6. The van der Waals surface area contributed by atoms with Crippen LogP contribution in [-0.2, 0) is 4.74 Å². The number of hydrogen-bond acceptors (Lipinski definition) is 7. The summed E-state index contributed by atoms with van der Waals surface area (Å²) < 4.78 is 25.7. The minimum Gasteiger partial charge on any atom is -0.495 e. The van der Waals surface area contributed by atoms with Gasteiger partial charge in [-0.05, 0) is 43.5 Å². The van der Waals surface area contributed by atoms with Gasteiger partial charge in [0, 0.05) is 31.7 Å². The molecule has 3 aromatic rings. The second-order valence-electron chi connectivity index (χ2n) is 7.86. The topological polar surface area (TPSA) is 103 Å². The molecule has 0 saturated carbocycles. The zero-order chi connectivity index (χ0) is 22.8. The third-order valence-corrected chi connectivity index (χ3v) is 5.79. The number of carbonyl (C=O) groups excluding carboxylic acids is 1. The lowest BCUT2D eigenvalue weighted by Gasteiger charge is -2.34. The number of halogens is 1. The second-order valence-corrected chi connectivity index (χ2v) is 7.86. The van der Waals surface area contributed by atoms with Crippen LogP contribution < -0.4 is 20.7 Å². The first-order chi connectivity index (χ1) is 15.4. The van der Waals surface area contributed by atoms with Crippen LogP contribution in [0.25, 0.3) is 10.9 Å². The van der Waals surface area contributed by atoms with Crippen LogP contribution in [0.2, 0.25) is 0 Å². The molecule has 0 spiro atoms. The van der Waals surface area contributed by atoms with E-state index in [4.69, 9.17) is 15.2 Å². The molecule has 1 aliphatic rings. The fourth-order valence-electron chi connectivity index (χ4n) is 4.02. The van der Waals surface area contributed by atoms with Crippen molar-refractivity contribution in [3.63, 3.8) is 0 Å². The summed E-state index contributed by atoms with van der Waals surface area (Å²) in [6, 6.07) is 8.46. The van der Waals surface area contributed by atoms with Crippen LogP contribution in [0, 0.1) is 12.7 Å². The number of piperidine rings is 1. The standard InChI is InChI=1S/C23H26FN5O3/c1-13-4-5-17(16(24)10-13)26-21-15-11-19(29-8-6-14(31-2)7-9-29)20(32-3)12-18(15)27-28-22(21)23(25)30/h4-5,10-12,14H,6-9H2,1-3H3,(H2,25,30)(H,26,27). The van der Waals surface area contributed by atoms with Gasteiger partial charge in [-0.15, -0.1) is 10.2 Å². The van der Waals surface area contributed by atoms with Crippen molar-refractivity contribution in [2.24, 2.45) is 5.73 Å². The van der Waals surface area contributed by atoms with Gasteiger partial charge in [-0.3, -0.25) is 4.79 Å². The molecular weight excluding hydrogens is 413 g/mol. The molecule has 0 aliphatic carbocycles. The molecule has 168 valence electrons. The molecule has 9 heteroatoms. The van der Waals surface area contributed by atoms with Crippen molar-refractivity contribution in [1.29, 1.82) is 0 Å². The van der Waals surface area contributed by atoms with E-state index in [2.05, 4.69) is 20.4 Å². The van der Waals surface area contributed by atoms with Crippen molar-refractivity contribution in [2.45, 2.75) is 25.9 Å². The number of primary amides is 1. The Bertz CT molecular complexity index is 1160. The van der Waals surface area contributed by atoms with Gasteiger partial charge in [-0.25, -0.2) is 4.39 Å². The van der Waals surface area contributed by atoms with Crippen LogP contribution in [0.4, 0.5) is 21.5 Å². The Morgan fingerprint density at radius 3 is 2.56 bits per heavy atom. The van der Waals surface area contributed by atoms with Crippen molar-refractivity contribution < 1.29 is 18.7 Å². The van der Waals surface area contributed by atoms with Crippen LogP contribution in [0.15, 0.2) is 30.3 Å². The zero-order valence-corrected chi connectivity index (χ0v) is 18.3. The Morgan fingerprint density at radius 2 is 1.94 bits per heavy atom. The van der Waals surface area contributed by atoms with E-state index in [9.17, 15) is 9.18 Å². The van der Waals surface area contributed by atoms with E-state index in [1.54, 1.807) is 39.3 Å². The molecule has 0 bridgehead atoms. The molecule has 2 aromatic carbocycles. The Balaban J connectivity index is 1.85. The van der Waals surface area contributed by atoms with E-state index in [-0.39, 0.29) is 17.5 Å². The number of rotatable bonds is 6. The lowest BCUT2D eigenvalue weighted by molar-refractivity contribution is 0.0818. The molecule has 1 saturated heterocycles. The molecular formula is C23H26FN5O3. The minimum absolute atomic E-state index is 0.0633. The van der Waals surface area contributed by atoms with E-state index in [1.165, 1.54) is 6.07 Å². The average Bonchev–Trinajstić information content (AvgIpc) is 2.79. The van der Waals surface area contributed by atoms with Gasteiger partial charge >= 0.3 is 0 Å². The summed E-state index contributed by atoms with van der Waals surface area (Å²) in [6.07, 6.45) is 2.00. The summed E-state index contributed by atoms with van der Waals surface area (Å²) in [5.74, 6) is -0.560. The number of benzene rings is 2. The van der Waals surface area contributed by atoms with Gasteiger partial charge in [0.1, 0.15) is 11.6 Å². The third kappa shape index (κ3) is 4.16. The van der Waals surface area contributed by atoms with Crippen molar-refractivity contribution in [1.82, 2.24) is 10.2 Å². The summed E-state index contributed by atoms with van der Waals surface area (Å²) in [6.45, 7) is 3.38. The fourth-order valence-corrected chi connectivity index (χ4v) is 4.02. The monoisotopic (exact) mass is 439 g/mol. The highest BCUT2D eigenvalue weighted by Crippen LogP contribution is 2.38. The number of fused-ring (bicyclic) bond motifs is 1. The van der Waals surface area contributed by atoms with Gasteiger partial charge in [-0.1, -0.05) is 6.07 Å². The first-order valence-electron chi connectivity index (χ1n) is 10.4. The van der Waals surface area contributed by atoms with Crippen molar-refractivity contribution >= 4 is 33.9 Å². The fraction of sp³-hybridized carbons (Fsp3) is 0.348. The maximum Gasteiger partial charge on any atom is 0.271 e. The number of nitrogens with two attached hydrogens (primary N) is 1. The quantitative estimate of drug-likeness (QED) is 0.606. The molecule has 1 aliphatic heterocycles. The van der Waals surface area contributed by atoms with E-state index >= 15 is 0 Å². The van der Waals surface area contributed by atoms with Crippen LogP contribution in [0.3, 0.4) is 0 Å². The van der Waals surface area contributed by atoms with E-state index < -0.39 is 11.7 Å². The van der Waals surface area contributed by atoms with E-state index in [0.717, 1.165) is 37.2 Å². The van der Waals surface area contributed by atoms with E-state index in [0.29, 0.717) is 22.3 Å². The van der Waals surface area contributed by atoms with Gasteiger partial charge in [0.25, 0.3) is 5.91 Å². The number of aryl methyl sites for hydroxylation is 1. The third-order valence-electron chi connectivity index (χ3n) is 5.79. The molecule has 0 radical (unpaired) electrons. The summed E-state index contributed by atoms with van der Waals surface area (Å²) in [5.41, 5.74) is 8.16. The Kier molecular flexibility index (Phi) is 6.09. The molecule has 1 aromatic heterocycles. The SMILES string of the molecule is COc1cc2nnc(C(N)=O)c(Nc3ccc(C)cc3F)c2cc1N1CCC(OC)CC1. The predicted molar refractivity (Wildman–Crippen MR) is 121 cm³/mol. The molecule has 3 N–H and O–H groups in total. The Labute approximate surface area is 185 Å². The molecule has 8 nitrogen and oxygen atoms in total. The van der Waals surface area contributed by atoms with Crippen molar-refractivity contribution in [3.05, 3.63) is 47.4 Å². The summed E-state index contributed by atoms with van der Waals surface area (Å²) in [7, 11) is 3.32. The van der Waals surface area contributed by atoms with Gasteiger partial charge in [0.15, 0.2) is 5.69 Å². The average molecular weight is 439 g/mol. The van der Waals surface area contributed by atoms with Gasteiger partial charge in [0.2, 0.25) is 0 Å². The van der Waals surface area contributed by atoms with Crippen LogP contribution in [0.5, 0.6) is 5.75 Å². The first-order valence-corrected chi connectivity index (χ1v) is 10.4. The number of carbonyl (C=O) groups is 1. The lowest BCUT2D eigenvalue weighted by Crippen LogP contribution is -2.36.